The minimum atomic E-state index is 0.531. The van der Waals surface area contributed by atoms with E-state index >= 15 is 0 Å². The van der Waals surface area contributed by atoms with Crippen LogP contribution in [0.4, 0.5) is 5.82 Å². The quantitative estimate of drug-likeness (QED) is 0.689. The van der Waals surface area contributed by atoms with E-state index in [1.807, 2.05) is 42.2 Å². The summed E-state index contributed by atoms with van der Waals surface area (Å²) in [6, 6.07) is 7.89. The summed E-state index contributed by atoms with van der Waals surface area (Å²) in [6.07, 6.45) is 5.54. The fourth-order valence-corrected chi connectivity index (χ4v) is 2.03. The molecule has 0 aliphatic heterocycles. The summed E-state index contributed by atoms with van der Waals surface area (Å²) in [7, 11) is 1.99. The molecule has 3 rings (SSSR count). The Morgan fingerprint density at radius 1 is 1.12 bits per heavy atom. The topological polar surface area (TPSA) is 56.7 Å². The number of fused-ring (bicyclic) bond motifs is 1. The molecule has 0 spiro atoms. The van der Waals surface area contributed by atoms with Crippen LogP contribution in [0.3, 0.4) is 0 Å². The summed E-state index contributed by atoms with van der Waals surface area (Å²) < 4.78 is 2.00. The summed E-state index contributed by atoms with van der Waals surface area (Å²) in [6.45, 7) is 0. The van der Waals surface area contributed by atoms with Crippen molar-refractivity contribution in [1.29, 1.82) is 0 Å². The molecule has 0 radical (unpaired) electrons. The van der Waals surface area contributed by atoms with E-state index in [-0.39, 0.29) is 0 Å². The van der Waals surface area contributed by atoms with E-state index in [4.69, 9.17) is 5.73 Å². The summed E-state index contributed by atoms with van der Waals surface area (Å²) in [5, 5.41) is 1.13. The van der Waals surface area contributed by atoms with E-state index in [0.717, 1.165) is 22.2 Å². The van der Waals surface area contributed by atoms with Gasteiger partial charge in [-0.15, -0.1) is 0 Å². The first-order chi connectivity index (χ1) is 8.25. The standard InChI is InChI=1S/C13H12N4/c1-17-7-4-11-10(3-6-16-13(11)17)9-2-5-15-12(14)8-9/h2-8H,1H3,(H2,14,15). The van der Waals surface area contributed by atoms with Crippen molar-refractivity contribution in [2.45, 2.75) is 0 Å². The van der Waals surface area contributed by atoms with Crippen LogP contribution >= 0.6 is 0 Å². The van der Waals surface area contributed by atoms with Crippen LogP contribution in [0.2, 0.25) is 0 Å². The van der Waals surface area contributed by atoms with Crippen LogP contribution in [0.5, 0.6) is 0 Å². The van der Waals surface area contributed by atoms with Gasteiger partial charge in [0.1, 0.15) is 11.5 Å². The second-order valence-corrected chi connectivity index (χ2v) is 3.99. The van der Waals surface area contributed by atoms with Gasteiger partial charge in [-0.2, -0.15) is 0 Å². The van der Waals surface area contributed by atoms with Crippen LogP contribution in [0.25, 0.3) is 22.2 Å². The predicted octanol–water partition coefficient (Wildman–Crippen LogP) is 2.22. The van der Waals surface area contributed by atoms with Crippen LogP contribution in [0, 0.1) is 0 Å². The number of aromatic nitrogens is 3. The van der Waals surface area contributed by atoms with Gasteiger partial charge in [0, 0.05) is 31.0 Å². The number of pyridine rings is 2. The van der Waals surface area contributed by atoms with Gasteiger partial charge < -0.3 is 10.3 Å². The molecular formula is C13H12N4. The molecule has 17 heavy (non-hydrogen) atoms. The van der Waals surface area contributed by atoms with Gasteiger partial charge in [0.2, 0.25) is 0 Å². The molecule has 0 amide bonds. The molecule has 0 saturated heterocycles. The van der Waals surface area contributed by atoms with Gasteiger partial charge in [0.15, 0.2) is 0 Å². The lowest BCUT2D eigenvalue weighted by molar-refractivity contribution is 0.949. The highest BCUT2D eigenvalue weighted by Gasteiger charge is 2.07. The normalized spacial score (nSPS) is 10.9. The Balaban J connectivity index is 2.30. The highest BCUT2D eigenvalue weighted by Crippen LogP contribution is 2.28. The summed E-state index contributed by atoms with van der Waals surface area (Å²) >= 11 is 0. The molecule has 0 aromatic carbocycles. The maximum absolute atomic E-state index is 5.71. The number of aryl methyl sites for hydroxylation is 1. The zero-order valence-electron chi connectivity index (χ0n) is 9.46. The summed E-state index contributed by atoms with van der Waals surface area (Å²) in [5.74, 6) is 0.531. The van der Waals surface area contributed by atoms with Crippen LogP contribution in [0.1, 0.15) is 0 Å². The third kappa shape index (κ3) is 1.54. The van der Waals surface area contributed by atoms with Gasteiger partial charge in [0.05, 0.1) is 0 Å². The van der Waals surface area contributed by atoms with Crippen molar-refractivity contribution in [3.8, 4) is 11.1 Å². The van der Waals surface area contributed by atoms with Crippen LogP contribution in [-0.2, 0) is 7.05 Å². The zero-order valence-corrected chi connectivity index (χ0v) is 9.46. The second-order valence-electron chi connectivity index (χ2n) is 3.99. The molecular weight excluding hydrogens is 212 g/mol. The molecule has 3 heterocycles. The highest BCUT2D eigenvalue weighted by atomic mass is 15.0. The molecule has 3 aromatic heterocycles. The molecule has 3 aromatic rings. The van der Waals surface area contributed by atoms with Crippen molar-refractivity contribution in [1.82, 2.24) is 14.5 Å². The van der Waals surface area contributed by atoms with E-state index in [1.165, 1.54) is 0 Å². The number of rotatable bonds is 1. The van der Waals surface area contributed by atoms with Crippen molar-refractivity contribution < 1.29 is 0 Å². The van der Waals surface area contributed by atoms with Crippen molar-refractivity contribution in [2.24, 2.45) is 7.05 Å². The van der Waals surface area contributed by atoms with Gasteiger partial charge in [0.25, 0.3) is 0 Å². The van der Waals surface area contributed by atoms with Crippen molar-refractivity contribution >= 4 is 16.9 Å². The van der Waals surface area contributed by atoms with Gasteiger partial charge in [-0.25, -0.2) is 9.97 Å². The van der Waals surface area contributed by atoms with E-state index in [1.54, 1.807) is 6.20 Å². The molecule has 0 aliphatic rings. The molecule has 0 bridgehead atoms. The minimum Gasteiger partial charge on any atom is -0.384 e. The summed E-state index contributed by atoms with van der Waals surface area (Å²) in [5.41, 5.74) is 8.88. The monoisotopic (exact) mass is 224 g/mol. The first-order valence-corrected chi connectivity index (χ1v) is 5.37. The lowest BCUT2D eigenvalue weighted by atomic mass is 10.1. The van der Waals surface area contributed by atoms with Gasteiger partial charge in [-0.1, -0.05) is 0 Å². The smallest absolute Gasteiger partial charge is 0.140 e. The average Bonchev–Trinajstić information content (AvgIpc) is 2.71. The lowest BCUT2D eigenvalue weighted by Crippen LogP contribution is -1.91. The van der Waals surface area contributed by atoms with Crippen molar-refractivity contribution in [3.05, 3.63) is 42.9 Å². The fourth-order valence-electron chi connectivity index (χ4n) is 2.03. The Kier molecular flexibility index (Phi) is 2.08. The Labute approximate surface area is 98.7 Å². The maximum atomic E-state index is 5.71. The SMILES string of the molecule is Cn1ccc2c(-c3ccnc(N)c3)ccnc21. The van der Waals surface area contributed by atoms with Crippen LogP contribution in [-0.4, -0.2) is 14.5 Å². The summed E-state index contributed by atoms with van der Waals surface area (Å²) in [4.78, 5) is 8.37. The highest BCUT2D eigenvalue weighted by molar-refractivity contribution is 5.93. The number of nitrogens with zero attached hydrogens (tertiary/aromatic N) is 3. The number of hydrogen-bond donors (Lipinski definition) is 1. The number of anilines is 1. The first kappa shape index (κ1) is 9.84. The van der Waals surface area contributed by atoms with Gasteiger partial charge in [-0.3, -0.25) is 0 Å². The Bertz CT molecular complexity index is 685. The predicted molar refractivity (Wildman–Crippen MR) is 68.4 cm³/mol. The molecule has 0 atom stereocenters. The number of nitrogens with two attached hydrogens (primary N) is 1. The largest absolute Gasteiger partial charge is 0.384 e. The zero-order chi connectivity index (χ0) is 11.8. The lowest BCUT2D eigenvalue weighted by Gasteiger charge is -2.04. The first-order valence-electron chi connectivity index (χ1n) is 5.37. The van der Waals surface area contributed by atoms with Crippen molar-refractivity contribution in [3.63, 3.8) is 0 Å². The van der Waals surface area contributed by atoms with E-state index in [0.29, 0.717) is 5.82 Å². The Hall–Kier alpha value is -2.36. The molecule has 4 heteroatoms. The number of nitrogen functional groups attached to an aromatic ring is 1. The molecule has 2 N–H and O–H groups in total. The van der Waals surface area contributed by atoms with Gasteiger partial charge >= 0.3 is 0 Å². The maximum Gasteiger partial charge on any atom is 0.140 e. The van der Waals surface area contributed by atoms with Crippen LogP contribution < -0.4 is 5.73 Å². The average molecular weight is 224 g/mol. The second kappa shape index (κ2) is 3.59. The molecule has 0 saturated carbocycles. The van der Waals surface area contributed by atoms with E-state index < -0.39 is 0 Å². The molecule has 0 unspecified atom stereocenters. The van der Waals surface area contributed by atoms with E-state index in [2.05, 4.69) is 16.0 Å². The van der Waals surface area contributed by atoms with E-state index in [9.17, 15) is 0 Å². The molecule has 0 aliphatic carbocycles. The van der Waals surface area contributed by atoms with Gasteiger partial charge in [-0.05, 0) is 35.4 Å². The third-order valence-electron chi connectivity index (χ3n) is 2.86. The molecule has 4 nitrogen and oxygen atoms in total. The number of hydrogen-bond acceptors (Lipinski definition) is 3. The van der Waals surface area contributed by atoms with Crippen LogP contribution in [0.15, 0.2) is 42.9 Å². The Morgan fingerprint density at radius 2 is 1.94 bits per heavy atom. The third-order valence-corrected chi connectivity index (χ3v) is 2.86. The molecule has 84 valence electrons. The Morgan fingerprint density at radius 3 is 2.76 bits per heavy atom. The fraction of sp³-hybridized carbons (Fsp3) is 0.0769. The van der Waals surface area contributed by atoms with Crippen molar-refractivity contribution in [2.75, 3.05) is 5.73 Å². The minimum absolute atomic E-state index is 0.531. The molecule has 0 fully saturated rings.